The van der Waals surface area contributed by atoms with Crippen LogP contribution in [0.15, 0.2) is 65.2 Å². The van der Waals surface area contributed by atoms with Gasteiger partial charge in [-0.1, -0.05) is 53.7 Å². The monoisotopic (exact) mass is 415 g/mol. The number of nitrogens with one attached hydrogen (secondary N) is 2. The van der Waals surface area contributed by atoms with Gasteiger partial charge in [-0.3, -0.25) is 9.59 Å². The molecule has 0 aliphatic heterocycles. The Morgan fingerprint density at radius 2 is 1.79 bits per heavy atom. The van der Waals surface area contributed by atoms with Gasteiger partial charge in [0.05, 0.1) is 28.1 Å². The van der Waals surface area contributed by atoms with Crippen molar-refractivity contribution in [2.45, 2.75) is 6.92 Å². The molecular weight excluding hydrogens is 398 g/mol. The molecule has 0 bridgehead atoms. The van der Waals surface area contributed by atoms with Gasteiger partial charge in [-0.25, -0.2) is 0 Å². The molecule has 0 atom stereocenters. The van der Waals surface area contributed by atoms with Crippen molar-refractivity contribution in [3.05, 3.63) is 70.2 Å². The topological polar surface area (TPSA) is 91.2 Å². The molecule has 0 saturated carbocycles. The summed E-state index contributed by atoms with van der Waals surface area (Å²) in [7, 11) is 0. The highest BCUT2D eigenvalue weighted by Gasteiger charge is 2.19. The number of nitrogens with zero attached hydrogens (tertiary/aromatic N) is 1. The number of amides is 1. The van der Waals surface area contributed by atoms with E-state index >= 15 is 0 Å². The van der Waals surface area contributed by atoms with Gasteiger partial charge in [0, 0.05) is 5.69 Å². The molecule has 0 aliphatic rings. The van der Waals surface area contributed by atoms with Gasteiger partial charge in [0.25, 0.3) is 5.91 Å². The zero-order valence-corrected chi connectivity index (χ0v) is 16.6. The predicted octanol–water partition coefficient (Wildman–Crippen LogP) is 4.42. The van der Waals surface area contributed by atoms with Crippen molar-refractivity contribution in [1.82, 2.24) is 0 Å². The first kappa shape index (κ1) is 21.4. The summed E-state index contributed by atoms with van der Waals surface area (Å²) in [6, 6.07) is 17.7. The Kier molecular flexibility index (Phi) is 8.40. The Morgan fingerprint density at radius 1 is 1.11 bits per heavy atom. The first-order valence-electron chi connectivity index (χ1n) is 8.36. The van der Waals surface area contributed by atoms with Crippen molar-refractivity contribution in [3.8, 4) is 6.07 Å². The summed E-state index contributed by atoms with van der Waals surface area (Å²) in [6.45, 7) is 1.96. The number of nitriles is 1. The Hall–Kier alpha value is -2.95. The molecule has 0 radical (unpaired) electrons. The summed E-state index contributed by atoms with van der Waals surface area (Å²) >= 11 is 7.09. The number of rotatable bonds is 8. The Bertz CT molecular complexity index is 910. The fourth-order valence-electron chi connectivity index (χ4n) is 2.11. The summed E-state index contributed by atoms with van der Waals surface area (Å²) in [6.07, 6.45) is 0. The smallest absolute Gasteiger partial charge is 0.316 e. The molecule has 2 aromatic carbocycles. The number of halogens is 1. The molecule has 0 aromatic heterocycles. The minimum Gasteiger partial charge on any atom is -0.465 e. The minimum atomic E-state index is -0.634. The minimum absolute atomic E-state index is 0.0481. The number of carbonyl (C=O) groups excluding carboxylic acids is 2. The lowest BCUT2D eigenvalue weighted by Gasteiger charge is -2.13. The van der Waals surface area contributed by atoms with E-state index in [4.69, 9.17) is 16.3 Å². The fourth-order valence-corrected chi connectivity index (χ4v) is 3.11. The first-order chi connectivity index (χ1) is 13.5. The van der Waals surface area contributed by atoms with Gasteiger partial charge < -0.3 is 15.4 Å². The number of esters is 1. The Labute approximate surface area is 172 Å². The number of thioether (sulfide) groups is 1. The SMILES string of the molecule is CCOC(=O)CS/C(Nc1ccccc1)=C(/C#N)C(=O)Nc1ccccc1Cl. The molecule has 6 nitrogen and oxygen atoms in total. The summed E-state index contributed by atoms with van der Waals surface area (Å²) in [5, 5.41) is 15.8. The summed E-state index contributed by atoms with van der Waals surface area (Å²) < 4.78 is 4.92. The van der Waals surface area contributed by atoms with Crippen molar-refractivity contribution in [2.24, 2.45) is 0 Å². The van der Waals surface area contributed by atoms with E-state index in [1.165, 1.54) is 0 Å². The number of para-hydroxylation sites is 2. The van der Waals surface area contributed by atoms with Gasteiger partial charge in [-0.05, 0) is 31.2 Å². The number of hydrogen-bond acceptors (Lipinski definition) is 6. The van der Waals surface area contributed by atoms with E-state index in [1.54, 1.807) is 43.3 Å². The lowest BCUT2D eigenvalue weighted by Crippen LogP contribution is -2.18. The van der Waals surface area contributed by atoms with Crippen molar-refractivity contribution >= 4 is 46.6 Å². The highest BCUT2D eigenvalue weighted by molar-refractivity contribution is 8.03. The van der Waals surface area contributed by atoms with Crippen LogP contribution in [0.4, 0.5) is 11.4 Å². The van der Waals surface area contributed by atoms with Crippen LogP contribution in [0, 0.1) is 11.3 Å². The van der Waals surface area contributed by atoms with E-state index < -0.39 is 11.9 Å². The predicted molar refractivity (Wildman–Crippen MR) is 112 cm³/mol. The highest BCUT2D eigenvalue weighted by atomic mass is 35.5. The van der Waals surface area contributed by atoms with Gasteiger partial charge in [0.15, 0.2) is 0 Å². The van der Waals surface area contributed by atoms with Crippen LogP contribution >= 0.6 is 23.4 Å². The molecule has 2 N–H and O–H groups in total. The fraction of sp³-hybridized carbons (Fsp3) is 0.150. The first-order valence-corrected chi connectivity index (χ1v) is 9.72. The molecule has 0 unspecified atom stereocenters. The number of benzene rings is 2. The molecule has 2 rings (SSSR count). The molecule has 0 saturated heterocycles. The third-order valence-electron chi connectivity index (χ3n) is 3.36. The maximum absolute atomic E-state index is 12.7. The zero-order valence-electron chi connectivity index (χ0n) is 15.1. The Balaban J connectivity index is 2.30. The summed E-state index contributed by atoms with van der Waals surface area (Å²) in [5.41, 5.74) is 0.890. The molecule has 0 fully saturated rings. The second kappa shape index (κ2) is 11.0. The maximum atomic E-state index is 12.7. The summed E-state index contributed by atoms with van der Waals surface area (Å²) in [5.74, 6) is -1.12. The van der Waals surface area contributed by atoms with Gasteiger partial charge in [-0.15, -0.1) is 0 Å². The van der Waals surface area contributed by atoms with Crippen LogP contribution < -0.4 is 10.6 Å². The lowest BCUT2D eigenvalue weighted by atomic mass is 10.2. The van der Waals surface area contributed by atoms with Crippen LogP contribution in [-0.2, 0) is 14.3 Å². The van der Waals surface area contributed by atoms with Gasteiger partial charge in [0.1, 0.15) is 11.6 Å². The largest absolute Gasteiger partial charge is 0.465 e. The van der Waals surface area contributed by atoms with E-state index in [1.807, 2.05) is 24.3 Å². The third-order valence-corrected chi connectivity index (χ3v) is 4.66. The van der Waals surface area contributed by atoms with Gasteiger partial charge >= 0.3 is 5.97 Å². The van der Waals surface area contributed by atoms with Crippen molar-refractivity contribution in [2.75, 3.05) is 23.0 Å². The van der Waals surface area contributed by atoms with E-state index in [0.717, 1.165) is 11.8 Å². The molecule has 0 aliphatic carbocycles. The highest BCUT2D eigenvalue weighted by Crippen LogP contribution is 2.25. The van der Waals surface area contributed by atoms with Crippen molar-refractivity contribution in [3.63, 3.8) is 0 Å². The molecule has 1 amide bonds. The third kappa shape index (κ3) is 6.34. The lowest BCUT2D eigenvalue weighted by molar-refractivity contribution is -0.139. The molecule has 28 heavy (non-hydrogen) atoms. The number of hydrogen-bond donors (Lipinski definition) is 2. The van der Waals surface area contributed by atoms with Crippen LogP contribution in [0.5, 0.6) is 0 Å². The summed E-state index contributed by atoms with van der Waals surface area (Å²) in [4.78, 5) is 24.4. The average Bonchev–Trinajstić information content (AvgIpc) is 2.69. The normalized spacial score (nSPS) is 11.0. The molecule has 2 aromatic rings. The van der Waals surface area contributed by atoms with E-state index in [-0.39, 0.29) is 23.0 Å². The molecule has 0 spiro atoms. The van der Waals surface area contributed by atoms with E-state index in [9.17, 15) is 14.9 Å². The van der Waals surface area contributed by atoms with Crippen molar-refractivity contribution < 1.29 is 14.3 Å². The van der Waals surface area contributed by atoms with Crippen LogP contribution in [-0.4, -0.2) is 24.2 Å². The number of anilines is 2. The number of ether oxygens (including phenoxy) is 1. The van der Waals surface area contributed by atoms with E-state index in [2.05, 4.69) is 10.6 Å². The maximum Gasteiger partial charge on any atom is 0.316 e. The quantitative estimate of drug-likeness (QED) is 0.376. The molecular formula is C20H18ClN3O3S. The van der Waals surface area contributed by atoms with Crippen molar-refractivity contribution in [1.29, 1.82) is 5.26 Å². The zero-order chi connectivity index (χ0) is 20.4. The molecule has 0 heterocycles. The van der Waals surface area contributed by atoms with Crippen LogP contribution in [0.25, 0.3) is 0 Å². The second-order valence-corrected chi connectivity index (χ2v) is 6.73. The average molecular weight is 416 g/mol. The van der Waals surface area contributed by atoms with Crippen LogP contribution in [0.3, 0.4) is 0 Å². The molecule has 144 valence electrons. The molecule has 8 heteroatoms. The van der Waals surface area contributed by atoms with Gasteiger partial charge in [0.2, 0.25) is 0 Å². The van der Waals surface area contributed by atoms with Crippen LogP contribution in [0.2, 0.25) is 5.02 Å². The Morgan fingerprint density at radius 3 is 2.43 bits per heavy atom. The van der Waals surface area contributed by atoms with Gasteiger partial charge in [-0.2, -0.15) is 5.26 Å². The standard InChI is InChI=1S/C20H18ClN3O3S/c1-2-27-18(25)13-28-20(23-14-8-4-3-5-9-14)15(12-22)19(26)24-17-11-7-6-10-16(17)21/h3-11,23H,2,13H2,1H3,(H,24,26)/b20-15-. The van der Waals surface area contributed by atoms with E-state index in [0.29, 0.717) is 16.4 Å². The number of carbonyl (C=O) groups is 2. The second-order valence-electron chi connectivity index (χ2n) is 5.33. The van der Waals surface area contributed by atoms with Crippen LogP contribution in [0.1, 0.15) is 6.92 Å².